The molecule has 2 aromatic rings. The number of likely N-dealkylation sites (N-methyl/N-ethyl adjacent to an activating group) is 1. The summed E-state index contributed by atoms with van der Waals surface area (Å²) in [5, 5.41) is 0. The average molecular weight is 315 g/mol. The number of allylic oxidation sites excluding steroid dienone is 1. The van der Waals surface area contributed by atoms with E-state index in [1.165, 1.54) is 17.7 Å². The van der Waals surface area contributed by atoms with Crippen LogP contribution in [-0.4, -0.2) is 24.5 Å². The highest BCUT2D eigenvalue weighted by atomic mass is 19.1. The molecular formula is C20H23F2N. The normalized spacial score (nSPS) is 12.0. The fraction of sp³-hybridized carbons (Fsp3) is 0.300. The minimum Gasteiger partial charge on any atom is -0.300 e. The summed E-state index contributed by atoms with van der Waals surface area (Å²) < 4.78 is 26.8. The minimum atomic E-state index is -0.557. The molecule has 0 aromatic heterocycles. The van der Waals surface area contributed by atoms with E-state index in [2.05, 4.69) is 31.7 Å². The quantitative estimate of drug-likeness (QED) is 0.692. The van der Waals surface area contributed by atoms with Crippen LogP contribution >= 0.6 is 0 Å². The highest BCUT2D eigenvalue weighted by Gasteiger charge is 2.06. The van der Waals surface area contributed by atoms with E-state index in [1.54, 1.807) is 0 Å². The maximum atomic E-state index is 13.8. The van der Waals surface area contributed by atoms with Crippen LogP contribution in [0.25, 0.3) is 16.7 Å². The molecule has 0 bridgehead atoms. The number of halogens is 2. The number of benzene rings is 2. The second kappa shape index (κ2) is 8.02. The van der Waals surface area contributed by atoms with Crippen LogP contribution in [0.1, 0.15) is 26.3 Å². The summed E-state index contributed by atoms with van der Waals surface area (Å²) in [6, 6.07) is 11.4. The Morgan fingerprint density at radius 3 is 2.22 bits per heavy atom. The van der Waals surface area contributed by atoms with Crippen molar-refractivity contribution in [3.63, 3.8) is 0 Å². The van der Waals surface area contributed by atoms with Crippen LogP contribution in [0.4, 0.5) is 8.78 Å². The van der Waals surface area contributed by atoms with Gasteiger partial charge in [-0.2, -0.15) is 0 Å². The average Bonchev–Trinajstić information content (AvgIpc) is 2.56. The first-order valence-electron chi connectivity index (χ1n) is 8.00. The number of hydrogen-bond donors (Lipinski definition) is 0. The largest absolute Gasteiger partial charge is 0.300 e. The van der Waals surface area contributed by atoms with Crippen LogP contribution in [0, 0.1) is 11.6 Å². The first-order chi connectivity index (χ1) is 11.0. The molecule has 0 spiro atoms. The molecule has 0 aliphatic carbocycles. The van der Waals surface area contributed by atoms with Gasteiger partial charge in [-0.05, 0) is 48.8 Å². The van der Waals surface area contributed by atoms with Crippen molar-refractivity contribution in [1.29, 1.82) is 0 Å². The van der Waals surface area contributed by atoms with Gasteiger partial charge in [-0.15, -0.1) is 0 Å². The highest BCUT2D eigenvalue weighted by Crippen LogP contribution is 2.25. The molecule has 0 aliphatic rings. The molecule has 1 nitrogen and oxygen atoms in total. The second-order valence-electron chi connectivity index (χ2n) is 5.57. The van der Waals surface area contributed by atoms with Crippen molar-refractivity contribution in [3.05, 3.63) is 65.7 Å². The molecule has 2 rings (SSSR count). The monoisotopic (exact) mass is 315 g/mol. The molecule has 0 amide bonds. The predicted molar refractivity (Wildman–Crippen MR) is 93.2 cm³/mol. The lowest BCUT2D eigenvalue weighted by Crippen LogP contribution is -2.22. The smallest absolute Gasteiger partial charge is 0.133 e. The summed E-state index contributed by atoms with van der Waals surface area (Å²) in [5.74, 6) is -1.09. The molecular weight excluding hydrogens is 292 g/mol. The molecule has 0 unspecified atom stereocenters. The zero-order valence-electron chi connectivity index (χ0n) is 13.9. The molecule has 23 heavy (non-hydrogen) atoms. The van der Waals surface area contributed by atoms with E-state index in [0.29, 0.717) is 5.56 Å². The van der Waals surface area contributed by atoms with Crippen molar-refractivity contribution >= 4 is 5.57 Å². The van der Waals surface area contributed by atoms with Gasteiger partial charge in [0, 0.05) is 18.2 Å². The topological polar surface area (TPSA) is 3.24 Å². The first-order valence-corrected chi connectivity index (χ1v) is 8.00. The molecule has 0 radical (unpaired) electrons. The standard InChI is InChI=1S/C20H23F2N/c1-4-23(5-2)13-12-15(3)16-6-8-17(9-7-16)19-11-10-18(21)14-20(19)22/h6-12,14H,4-5,13H2,1-3H3/b15-12-. The van der Waals surface area contributed by atoms with Gasteiger partial charge in [0.15, 0.2) is 0 Å². The summed E-state index contributed by atoms with van der Waals surface area (Å²) >= 11 is 0. The lowest BCUT2D eigenvalue weighted by atomic mass is 10.0. The molecule has 0 N–H and O–H groups in total. The van der Waals surface area contributed by atoms with Gasteiger partial charge in [0.2, 0.25) is 0 Å². The van der Waals surface area contributed by atoms with Gasteiger partial charge >= 0.3 is 0 Å². The number of rotatable bonds is 6. The number of hydrogen-bond acceptors (Lipinski definition) is 1. The molecule has 0 fully saturated rings. The van der Waals surface area contributed by atoms with Gasteiger partial charge in [0.25, 0.3) is 0 Å². The third-order valence-electron chi connectivity index (χ3n) is 4.13. The summed E-state index contributed by atoms with van der Waals surface area (Å²) in [6.45, 7) is 9.37. The van der Waals surface area contributed by atoms with E-state index in [4.69, 9.17) is 0 Å². The van der Waals surface area contributed by atoms with Crippen molar-refractivity contribution in [3.8, 4) is 11.1 Å². The Bertz CT molecular complexity index is 671. The Morgan fingerprint density at radius 2 is 1.65 bits per heavy atom. The van der Waals surface area contributed by atoms with Gasteiger partial charge in [-0.25, -0.2) is 8.78 Å². The van der Waals surface area contributed by atoms with Gasteiger partial charge < -0.3 is 4.90 Å². The van der Waals surface area contributed by atoms with Gasteiger partial charge in [-0.3, -0.25) is 0 Å². The zero-order chi connectivity index (χ0) is 16.8. The zero-order valence-corrected chi connectivity index (χ0v) is 13.9. The SMILES string of the molecule is CCN(CC)C/C=C(/C)c1ccc(-c2ccc(F)cc2F)cc1. The van der Waals surface area contributed by atoms with Crippen LogP contribution in [0.3, 0.4) is 0 Å². The van der Waals surface area contributed by atoms with Crippen LogP contribution in [0.5, 0.6) is 0 Å². The number of nitrogens with zero attached hydrogens (tertiary/aromatic N) is 1. The molecule has 0 aliphatic heterocycles. The fourth-order valence-corrected chi connectivity index (χ4v) is 2.50. The molecule has 0 heterocycles. The summed E-state index contributed by atoms with van der Waals surface area (Å²) in [6.07, 6.45) is 2.21. The summed E-state index contributed by atoms with van der Waals surface area (Å²) in [4.78, 5) is 2.34. The van der Waals surface area contributed by atoms with E-state index in [1.807, 2.05) is 24.3 Å². The van der Waals surface area contributed by atoms with Crippen molar-refractivity contribution in [2.24, 2.45) is 0 Å². The minimum absolute atomic E-state index is 0.419. The van der Waals surface area contributed by atoms with E-state index in [9.17, 15) is 8.78 Å². The Morgan fingerprint density at radius 1 is 1.00 bits per heavy atom. The lowest BCUT2D eigenvalue weighted by Gasteiger charge is -2.16. The van der Waals surface area contributed by atoms with Crippen LogP contribution in [-0.2, 0) is 0 Å². The van der Waals surface area contributed by atoms with E-state index < -0.39 is 11.6 Å². The lowest BCUT2D eigenvalue weighted by molar-refractivity contribution is 0.337. The van der Waals surface area contributed by atoms with Gasteiger partial charge in [0.1, 0.15) is 11.6 Å². The predicted octanol–water partition coefficient (Wildman–Crippen LogP) is 5.38. The fourth-order valence-electron chi connectivity index (χ4n) is 2.50. The van der Waals surface area contributed by atoms with Crippen LogP contribution < -0.4 is 0 Å². The maximum absolute atomic E-state index is 13.8. The van der Waals surface area contributed by atoms with Crippen LogP contribution in [0.2, 0.25) is 0 Å². The maximum Gasteiger partial charge on any atom is 0.133 e. The van der Waals surface area contributed by atoms with Crippen molar-refractivity contribution in [2.45, 2.75) is 20.8 Å². The molecule has 2 aromatic carbocycles. The third-order valence-corrected chi connectivity index (χ3v) is 4.13. The van der Waals surface area contributed by atoms with Crippen molar-refractivity contribution in [2.75, 3.05) is 19.6 Å². The third kappa shape index (κ3) is 4.49. The van der Waals surface area contributed by atoms with Gasteiger partial charge in [-0.1, -0.05) is 44.2 Å². The molecule has 122 valence electrons. The van der Waals surface area contributed by atoms with Crippen LogP contribution in [0.15, 0.2) is 48.5 Å². The second-order valence-corrected chi connectivity index (χ2v) is 5.57. The summed E-state index contributed by atoms with van der Waals surface area (Å²) in [7, 11) is 0. The molecule has 0 saturated carbocycles. The van der Waals surface area contributed by atoms with Crippen molar-refractivity contribution < 1.29 is 8.78 Å². The first kappa shape index (κ1) is 17.4. The molecule has 0 saturated heterocycles. The van der Waals surface area contributed by atoms with Crippen molar-refractivity contribution in [1.82, 2.24) is 4.90 Å². The molecule has 3 heteroatoms. The Balaban J connectivity index is 2.17. The van der Waals surface area contributed by atoms with E-state index >= 15 is 0 Å². The Hall–Kier alpha value is -2.00. The van der Waals surface area contributed by atoms with E-state index in [0.717, 1.165) is 36.8 Å². The Kier molecular flexibility index (Phi) is 6.05. The molecule has 0 atom stereocenters. The Labute approximate surface area is 137 Å². The highest BCUT2D eigenvalue weighted by molar-refractivity contribution is 5.70. The summed E-state index contributed by atoms with van der Waals surface area (Å²) in [5.41, 5.74) is 3.48. The van der Waals surface area contributed by atoms with E-state index in [-0.39, 0.29) is 0 Å². The van der Waals surface area contributed by atoms with Gasteiger partial charge in [0.05, 0.1) is 0 Å².